The summed E-state index contributed by atoms with van der Waals surface area (Å²) in [4.78, 5) is 7.95. The third-order valence-corrected chi connectivity index (χ3v) is 3.62. The van der Waals surface area contributed by atoms with E-state index in [2.05, 4.69) is 32.8 Å². The average molecular weight is 302 g/mol. The lowest BCUT2D eigenvalue weighted by molar-refractivity contribution is 1.31. The normalized spacial score (nSPS) is 11.0. The summed E-state index contributed by atoms with van der Waals surface area (Å²) in [5.74, 6) is 0.849. The predicted molar refractivity (Wildman–Crippen MR) is 78.4 cm³/mol. The first-order valence-electron chi connectivity index (χ1n) is 5.66. The quantitative estimate of drug-likeness (QED) is 0.670. The first-order chi connectivity index (χ1) is 8.65. The maximum atomic E-state index is 5.84. The summed E-state index contributed by atoms with van der Waals surface area (Å²) in [7, 11) is 0. The predicted octanol–water partition coefficient (Wildman–Crippen LogP) is 3.88. The third-order valence-electron chi connectivity index (χ3n) is 2.98. The fourth-order valence-electron chi connectivity index (χ4n) is 2.02. The summed E-state index contributed by atoms with van der Waals surface area (Å²) in [6, 6.07) is 11.8. The van der Waals surface area contributed by atoms with Crippen molar-refractivity contribution in [3.8, 4) is 11.4 Å². The number of nitrogen functional groups attached to an aromatic ring is 1. The molecule has 0 aliphatic heterocycles. The van der Waals surface area contributed by atoms with Gasteiger partial charge >= 0.3 is 0 Å². The van der Waals surface area contributed by atoms with Crippen LogP contribution in [0.15, 0.2) is 40.9 Å². The monoisotopic (exact) mass is 301 g/mol. The van der Waals surface area contributed by atoms with Crippen LogP contribution in [-0.4, -0.2) is 9.97 Å². The molecule has 0 atom stereocenters. The summed E-state index contributed by atoms with van der Waals surface area (Å²) < 4.78 is 0.990. The van der Waals surface area contributed by atoms with Crippen LogP contribution in [0.3, 0.4) is 0 Å². The van der Waals surface area contributed by atoms with Crippen LogP contribution in [0.2, 0.25) is 0 Å². The van der Waals surface area contributed by atoms with E-state index < -0.39 is 0 Å². The Bertz CT molecular complexity index is 731. The van der Waals surface area contributed by atoms with Crippen molar-refractivity contribution in [3.05, 3.63) is 46.4 Å². The van der Waals surface area contributed by atoms with Crippen LogP contribution in [-0.2, 0) is 0 Å². The lowest BCUT2D eigenvalue weighted by atomic mass is 10.1. The number of H-pyrrole nitrogens is 1. The summed E-state index contributed by atoms with van der Waals surface area (Å²) in [6.45, 7) is 2.05. The van der Waals surface area contributed by atoms with E-state index in [4.69, 9.17) is 5.73 Å². The standard InChI is InChI=1S/C14H12BrN3/c1-8-5-6-9(16)7-10(8)14-17-12-4-2-3-11(15)13(12)18-14/h2-7H,16H2,1H3,(H,17,18). The molecule has 3 N–H and O–H groups in total. The molecular formula is C14H12BrN3. The van der Waals surface area contributed by atoms with Gasteiger partial charge in [0.25, 0.3) is 0 Å². The summed E-state index contributed by atoms with van der Waals surface area (Å²) in [5.41, 5.74) is 10.7. The number of aromatic amines is 1. The van der Waals surface area contributed by atoms with Gasteiger partial charge in [-0.3, -0.25) is 0 Å². The largest absolute Gasteiger partial charge is 0.399 e. The zero-order chi connectivity index (χ0) is 12.7. The summed E-state index contributed by atoms with van der Waals surface area (Å²) in [6.07, 6.45) is 0. The summed E-state index contributed by atoms with van der Waals surface area (Å²) >= 11 is 3.51. The number of fused-ring (bicyclic) bond motifs is 1. The van der Waals surface area contributed by atoms with E-state index in [0.29, 0.717) is 0 Å². The molecule has 0 saturated heterocycles. The molecule has 1 aromatic heterocycles. The minimum Gasteiger partial charge on any atom is -0.399 e. The van der Waals surface area contributed by atoms with Crippen molar-refractivity contribution in [2.24, 2.45) is 0 Å². The van der Waals surface area contributed by atoms with E-state index >= 15 is 0 Å². The minimum absolute atomic E-state index is 0.745. The Morgan fingerprint density at radius 2 is 2.06 bits per heavy atom. The molecular weight excluding hydrogens is 290 g/mol. The number of anilines is 1. The molecule has 0 amide bonds. The van der Waals surface area contributed by atoms with Crippen molar-refractivity contribution in [2.45, 2.75) is 6.92 Å². The fraction of sp³-hybridized carbons (Fsp3) is 0.0714. The molecule has 0 spiro atoms. The average Bonchev–Trinajstić information content (AvgIpc) is 2.77. The zero-order valence-electron chi connectivity index (χ0n) is 9.87. The molecule has 0 bridgehead atoms. The number of aryl methyl sites for hydroxylation is 1. The van der Waals surface area contributed by atoms with Crippen molar-refractivity contribution in [1.82, 2.24) is 9.97 Å². The van der Waals surface area contributed by atoms with E-state index in [-0.39, 0.29) is 0 Å². The van der Waals surface area contributed by atoms with Crippen LogP contribution in [0.25, 0.3) is 22.4 Å². The van der Waals surface area contributed by atoms with Gasteiger partial charge in [-0.25, -0.2) is 4.98 Å². The minimum atomic E-state index is 0.745. The van der Waals surface area contributed by atoms with Gasteiger partial charge in [0.1, 0.15) is 11.3 Å². The van der Waals surface area contributed by atoms with E-state index in [0.717, 1.165) is 38.1 Å². The van der Waals surface area contributed by atoms with E-state index in [1.807, 2.05) is 36.4 Å². The van der Waals surface area contributed by atoms with Crippen molar-refractivity contribution in [1.29, 1.82) is 0 Å². The second-order valence-electron chi connectivity index (χ2n) is 4.30. The smallest absolute Gasteiger partial charge is 0.138 e. The molecule has 2 aromatic carbocycles. The number of hydrogen-bond acceptors (Lipinski definition) is 2. The molecule has 0 aliphatic rings. The van der Waals surface area contributed by atoms with Crippen molar-refractivity contribution in [2.75, 3.05) is 5.73 Å². The molecule has 0 saturated carbocycles. The topological polar surface area (TPSA) is 54.7 Å². The highest BCUT2D eigenvalue weighted by Gasteiger charge is 2.09. The molecule has 4 heteroatoms. The maximum absolute atomic E-state index is 5.84. The van der Waals surface area contributed by atoms with Gasteiger partial charge in [0.2, 0.25) is 0 Å². The maximum Gasteiger partial charge on any atom is 0.138 e. The Morgan fingerprint density at radius 1 is 1.22 bits per heavy atom. The molecule has 0 radical (unpaired) electrons. The lowest BCUT2D eigenvalue weighted by Gasteiger charge is -2.03. The zero-order valence-corrected chi connectivity index (χ0v) is 11.5. The van der Waals surface area contributed by atoms with E-state index in [9.17, 15) is 0 Å². The molecule has 0 fully saturated rings. The number of nitrogens with one attached hydrogen (secondary N) is 1. The lowest BCUT2D eigenvalue weighted by Crippen LogP contribution is -1.90. The highest BCUT2D eigenvalue weighted by Crippen LogP contribution is 2.28. The number of aromatic nitrogens is 2. The molecule has 1 heterocycles. The van der Waals surface area contributed by atoms with Gasteiger partial charge in [0.05, 0.1) is 5.52 Å². The van der Waals surface area contributed by atoms with Crippen LogP contribution in [0, 0.1) is 6.92 Å². The van der Waals surface area contributed by atoms with Gasteiger partial charge in [0, 0.05) is 15.7 Å². The van der Waals surface area contributed by atoms with Gasteiger partial charge in [0.15, 0.2) is 0 Å². The number of imidazole rings is 1. The number of hydrogen-bond donors (Lipinski definition) is 2. The second kappa shape index (κ2) is 4.14. The fourth-order valence-corrected chi connectivity index (χ4v) is 2.47. The molecule has 3 aromatic rings. The first-order valence-corrected chi connectivity index (χ1v) is 6.45. The first kappa shape index (κ1) is 11.3. The second-order valence-corrected chi connectivity index (χ2v) is 5.15. The Balaban J connectivity index is 2.26. The number of para-hydroxylation sites is 1. The number of rotatable bonds is 1. The number of benzene rings is 2. The van der Waals surface area contributed by atoms with Crippen LogP contribution >= 0.6 is 15.9 Å². The van der Waals surface area contributed by atoms with Gasteiger partial charge < -0.3 is 10.7 Å². The van der Waals surface area contributed by atoms with Crippen molar-refractivity contribution >= 4 is 32.7 Å². The molecule has 3 rings (SSSR count). The molecule has 0 aliphatic carbocycles. The summed E-state index contributed by atoms with van der Waals surface area (Å²) in [5, 5.41) is 0. The van der Waals surface area contributed by atoms with Crippen LogP contribution in [0.5, 0.6) is 0 Å². The SMILES string of the molecule is Cc1ccc(N)cc1-c1nc2c(Br)cccc2[nH]1. The Morgan fingerprint density at radius 3 is 2.83 bits per heavy atom. The van der Waals surface area contributed by atoms with Gasteiger partial charge in [-0.1, -0.05) is 12.1 Å². The van der Waals surface area contributed by atoms with Gasteiger partial charge in [-0.15, -0.1) is 0 Å². The number of nitrogens with two attached hydrogens (primary N) is 1. The van der Waals surface area contributed by atoms with Crippen LogP contribution < -0.4 is 5.73 Å². The van der Waals surface area contributed by atoms with Crippen LogP contribution in [0.4, 0.5) is 5.69 Å². The van der Waals surface area contributed by atoms with E-state index in [1.54, 1.807) is 0 Å². The Labute approximate surface area is 113 Å². The number of halogens is 1. The van der Waals surface area contributed by atoms with Gasteiger partial charge in [-0.2, -0.15) is 0 Å². The molecule has 18 heavy (non-hydrogen) atoms. The van der Waals surface area contributed by atoms with Gasteiger partial charge in [-0.05, 0) is 52.7 Å². The van der Waals surface area contributed by atoms with Crippen LogP contribution in [0.1, 0.15) is 5.56 Å². The van der Waals surface area contributed by atoms with E-state index in [1.165, 1.54) is 0 Å². The highest BCUT2D eigenvalue weighted by atomic mass is 79.9. The highest BCUT2D eigenvalue weighted by molar-refractivity contribution is 9.10. The third kappa shape index (κ3) is 1.78. The Hall–Kier alpha value is -1.81. The van der Waals surface area contributed by atoms with Crippen molar-refractivity contribution < 1.29 is 0 Å². The molecule has 3 nitrogen and oxygen atoms in total. The van der Waals surface area contributed by atoms with Crippen molar-refractivity contribution in [3.63, 3.8) is 0 Å². The molecule has 90 valence electrons. The molecule has 0 unspecified atom stereocenters. The number of nitrogens with zero attached hydrogens (tertiary/aromatic N) is 1. The Kier molecular flexibility index (Phi) is 2.59.